The zero-order valence-corrected chi connectivity index (χ0v) is 19.7. The second kappa shape index (κ2) is 10.6. The van der Waals surface area contributed by atoms with Gasteiger partial charge in [0.2, 0.25) is 5.95 Å². The Bertz CT molecular complexity index is 1140. The second-order valence-electron chi connectivity index (χ2n) is 9.28. The monoisotopic (exact) mass is 481 g/mol. The minimum Gasteiger partial charge on any atom is -0.365 e. The van der Waals surface area contributed by atoms with E-state index in [0.717, 1.165) is 25.9 Å². The van der Waals surface area contributed by atoms with Gasteiger partial charge in [-0.2, -0.15) is 4.98 Å². The van der Waals surface area contributed by atoms with Gasteiger partial charge in [-0.3, -0.25) is 0 Å². The van der Waals surface area contributed by atoms with Crippen molar-refractivity contribution < 1.29 is 13.2 Å². The Hall–Kier alpha value is -3.13. The van der Waals surface area contributed by atoms with Gasteiger partial charge in [-0.1, -0.05) is 30.7 Å². The van der Waals surface area contributed by atoms with Gasteiger partial charge in [-0.05, 0) is 57.0 Å². The lowest BCUT2D eigenvalue weighted by atomic mass is 10.00. The summed E-state index contributed by atoms with van der Waals surface area (Å²) in [6.07, 6.45) is 7.56. The van der Waals surface area contributed by atoms with Crippen molar-refractivity contribution in [3.05, 3.63) is 71.7 Å². The third-order valence-electron chi connectivity index (χ3n) is 7.09. The molecular formula is C27H30F3N5. The van der Waals surface area contributed by atoms with Crippen molar-refractivity contribution in [1.82, 2.24) is 14.9 Å². The van der Waals surface area contributed by atoms with Gasteiger partial charge in [-0.25, -0.2) is 18.2 Å². The summed E-state index contributed by atoms with van der Waals surface area (Å²) < 4.78 is 43.0. The fraction of sp³-hybridized carbons (Fsp3) is 0.407. The Labute approximate surface area is 204 Å². The molecule has 2 fully saturated rings. The van der Waals surface area contributed by atoms with Crippen LogP contribution in [0.15, 0.2) is 48.7 Å². The molecule has 5 nitrogen and oxygen atoms in total. The zero-order chi connectivity index (χ0) is 24.2. The number of halogens is 3. The number of likely N-dealkylation sites (tertiary alicyclic amines) is 1. The molecule has 3 aromatic rings. The van der Waals surface area contributed by atoms with Crippen molar-refractivity contribution in [2.45, 2.75) is 44.7 Å². The van der Waals surface area contributed by atoms with Gasteiger partial charge in [0, 0.05) is 48.6 Å². The lowest BCUT2D eigenvalue weighted by molar-refractivity contribution is 0.141. The minimum atomic E-state index is -0.640. The molecule has 8 heteroatoms. The third-order valence-corrected chi connectivity index (χ3v) is 7.09. The highest BCUT2D eigenvalue weighted by molar-refractivity contribution is 5.75. The van der Waals surface area contributed by atoms with E-state index in [4.69, 9.17) is 4.98 Å². The maximum absolute atomic E-state index is 14.6. The molecule has 3 heterocycles. The molecule has 1 N–H and O–H groups in total. The first-order valence-corrected chi connectivity index (χ1v) is 12.4. The lowest BCUT2D eigenvalue weighted by Crippen LogP contribution is -2.47. The summed E-state index contributed by atoms with van der Waals surface area (Å²) in [5.74, 6) is -0.802. The Morgan fingerprint density at radius 3 is 2.20 bits per heavy atom. The van der Waals surface area contributed by atoms with Gasteiger partial charge in [0.1, 0.15) is 23.3 Å². The highest BCUT2D eigenvalue weighted by Crippen LogP contribution is 2.31. The molecule has 0 bridgehead atoms. The van der Waals surface area contributed by atoms with E-state index in [0.29, 0.717) is 28.9 Å². The summed E-state index contributed by atoms with van der Waals surface area (Å²) in [7, 11) is 0. The fourth-order valence-electron chi connectivity index (χ4n) is 5.12. The van der Waals surface area contributed by atoms with Crippen LogP contribution in [0.2, 0.25) is 0 Å². The number of aromatic nitrogens is 2. The average molecular weight is 482 g/mol. The number of anilines is 2. The first-order valence-electron chi connectivity index (χ1n) is 12.4. The Morgan fingerprint density at radius 2 is 1.49 bits per heavy atom. The molecule has 2 aromatic carbocycles. The van der Waals surface area contributed by atoms with E-state index in [9.17, 15) is 13.2 Å². The van der Waals surface area contributed by atoms with Gasteiger partial charge in [0.05, 0.1) is 0 Å². The number of piperidine rings is 2. The molecule has 35 heavy (non-hydrogen) atoms. The highest BCUT2D eigenvalue weighted by Gasteiger charge is 2.27. The van der Waals surface area contributed by atoms with Crippen molar-refractivity contribution in [1.29, 1.82) is 0 Å². The third kappa shape index (κ3) is 5.27. The van der Waals surface area contributed by atoms with Gasteiger partial charge in [0.25, 0.3) is 0 Å². The number of benzene rings is 2. The molecule has 0 aliphatic carbocycles. The van der Waals surface area contributed by atoms with Crippen LogP contribution >= 0.6 is 0 Å². The van der Waals surface area contributed by atoms with E-state index in [1.54, 1.807) is 24.4 Å². The quantitative estimate of drug-likeness (QED) is 0.495. The van der Waals surface area contributed by atoms with E-state index in [-0.39, 0.29) is 12.1 Å². The second-order valence-corrected chi connectivity index (χ2v) is 9.28. The Morgan fingerprint density at radius 1 is 0.800 bits per heavy atom. The zero-order valence-electron chi connectivity index (χ0n) is 19.7. The van der Waals surface area contributed by atoms with Gasteiger partial charge >= 0.3 is 0 Å². The number of nitrogens with zero attached hydrogens (tertiary/aromatic N) is 4. The van der Waals surface area contributed by atoms with Gasteiger partial charge in [-0.15, -0.1) is 0 Å². The number of hydrogen-bond acceptors (Lipinski definition) is 5. The molecule has 0 radical (unpaired) electrons. The van der Waals surface area contributed by atoms with Crippen LogP contribution in [0.25, 0.3) is 11.1 Å². The van der Waals surface area contributed by atoms with Crippen LogP contribution in [-0.4, -0.2) is 47.1 Å². The van der Waals surface area contributed by atoms with Gasteiger partial charge < -0.3 is 15.1 Å². The van der Waals surface area contributed by atoms with E-state index in [1.807, 2.05) is 0 Å². The summed E-state index contributed by atoms with van der Waals surface area (Å²) in [6, 6.07) is 10.7. The van der Waals surface area contributed by atoms with Crippen LogP contribution in [0.1, 0.15) is 37.7 Å². The van der Waals surface area contributed by atoms with Crippen molar-refractivity contribution in [2.75, 3.05) is 36.4 Å². The highest BCUT2D eigenvalue weighted by atomic mass is 19.1. The normalized spacial score (nSPS) is 17.5. The maximum Gasteiger partial charge on any atom is 0.227 e. The molecular weight excluding hydrogens is 451 g/mol. The van der Waals surface area contributed by atoms with Crippen LogP contribution in [0.4, 0.5) is 24.9 Å². The average Bonchev–Trinajstić information content (AvgIpc) is 2.89. The number of rotatable bonds is 6. The van der Waals surface area contributed by atoms with Crippen molar-refractivity contribution >= 4 is 11.8 Å². The maximum atomic E-state index is 14.6. The SMILES string of the molecule is Fc1ccccc1-c1cnc(N2CCC(N3CCCCC3)CC2)nc1NCc1c(F)cccc1F. The van der Waals surface area contributed by atoms with Crippen molar-refractivity contribution in [3.8, 4) is 11.1 Å². The molecule has 5 rings (SSSR count). The predicted molar refractivity (Wildman–Crippen MR) is 132 cm³/mol. The van der Waals surface area contributed by atoms with Crippen LogP contribution in [0.5, 0.6) is 0 Å². The van der Waals surface area contributed by atoms with Crippen LogP contribution in [-0.2, 0) is 6.54 Å². The van der Waals surface area contributed by atoms with Crippen molar-refractivity contribution in [3.63, 3.8) is 0 Å². The standard InChI is InChI=1S/C27H30F3N5/c28-23-8-3-2-7-20(23)21-17-32-27(33-26(21)31-18-22-24(29)9-6-10-25(22)30)35-15-11-19(12-16-35)34-13-4-1-5-14-34/h2-3,6-10,17,19H,1,4-5,11-16,18H2,(H,31,32,33). The fourth-order valence-corrected chi connectivity index (χ4v) is 5.12. The summed E-state index contributed by atoms with van der Waals surface area (Å²) in [5.41, 5.74) is 0.695. The van der Waals surface area contributed by atoms with E-state index < -0.39 is 17.5 Å². The largest absolute Gasteiger partial charge is 0.365 e. The molecule has 0 atom stereocenters. The van der Waals surface area contributed by atoms with Crippen LogP contribution in [0, 0.1) is 17.5 Å². The number of nitrogens with one attached hydrogen (secondary N) is 1. The van der Waals surface area contributed by atoms with Crippen LogP contribution in [0.3, 0.4) is 0 Å². The van der Waals surface area contributed by atoms with E-state index >= 15 is 0 Å². The smallest absolute Gasteiger partial charge is 0.227 e. The van der Waals surface area contributed by atoms with Gasteiger partial charge in [0.15, 0.2) is 0 Å². The van der Waals surface area contributed by atoms with E-state index in [1.165, 1.54) is 56.6 Å². The summed E-state index contributed by atoms with van der Waals surface area (Å²) >= 11 is 0. The molecule has 184 valence electrons. The molecule has 0 spiro atoms. The van der Waals surface area contributed by atoms with E-state index in [2.05, 4.69) is 20.1 Å². The molecule has 2 aliphatic rings. The topological polar surface area (TPSA) is 44.3 Å². The molecule has 0 amide bonds. The molecule has 1 aromatic heterocycles. The Balaban J connectivity index is 1.38. The molecule has 2 saturated heterocycles. The molecule has 0 unspecified atom stereocenters. The summed E-state index contributed by atoms with van der Waals surface area (Å²) in [6.45, 7) is 3.91. The predicted octanol–water partition coefficient (Wildman–Crippen LogP) is 5.63. The minimum absolute atomic E-state index is 0.0884. The first-order chi connectivity index (χ1) is 17.1. The molecule has 0 saturated carbocycles. The first kappa shape index (κ1) is 23.6. The number of hydrogen-bond donors (Lipinski definition) is 1. The van der Waals surface area contributed by atoms with Crippen molar-refractivity contribution in [2.24, 2.45) is 0 Å². The van der Waals surface area contributed by atoms with Crippen LogP contribution < -0.4 is 10.2 Å². The summed E-state index contributed by atoms with van der Waals surface area (Å²) in [5, 5.41) is 3.04. The molecule has 2 aliphatic heterocycles. The Kier molecular flexibility index (Phi) is 7.18. The summed E-state index contributed by atoms with van der Waals surface area (Å²) in [4.78, 5) is 14.0. The lowest BCUT2D eigenvalue weighted by Gasteiger charge is -2.40.